The van der Waals surface area contributed by atoms with Crippen LogP contribution in [0.25, 0.3) is 0 Å². The maximum absolute atomic E-state index is 11.6. The third-order valence-corrected chi connectivity index (χ3v) is 2.45. The summed E-state index contributed by atoms with van der Waals surface area (Å²) in [6, 6.07) is 9.12. The number of para-hydroxylation sites is 1. The molecule has 1 aromatic carbocycles. The Balaban J connectivity index is 2.64. The highest BCUT2D eigenvalue weighted by atomic mass is 16.5. The van der Waals surface area contributed by atoms with E-state index in [0.717, 1.165) is 5.57 Å². The van der Waals surface area contributed by atoms with E-state index in [4.69, 9.17) is 4.74 Å². The van der Waals surface area contributed by atoms with Gasteiger partial charge in [-0.15, -0.1) is 0 Å². The van der Waals surface area contributed by atoms with Crippen molar-refractivity contribution >= 4 is 5.97 Å². The first-order valence-corrected chi connectivity index (χ1v) is 5.04. The molecular formula is C13H16O2. The Labute approximate surface area is 90.6 Å². The van der Waals surface area contributed by atoms with E-state index in [2.05, 4.69) is 0 Å². The summed E-state index contributed by atoms with van der Waals surface area (Å²) in [5.41, 5.74) is 1.02. The number of carbonyl (C=O) groups excluding carboxylic acids is 1. The molecule has 2 nitrogen and oxygen atoms in total. The maximum Gasteiger partial charge on any atom is 0.318 e. The highest BCUT2D eigenvalue weighted by molar-refractivity contribution is 5.77. The van der Waals surface area contributed by atoms with Crippen LogP contribution in [0.5, 0.6) is 5.75 Å². The topological polar surface area (TPSA) is 26.3 Å². The minimum absolute atomic E-state index is 0.185. The van der Waals surface area contributed by atoms with Gasteiger partial charge < -0.3 is 4.74 Å². The molecule has 1 aromatic rings. The van der Waals surface area contributed by atoms with Crippen molar-refractivity contribution in [3.8, 4) is 5.75 Å². The van der Waals surface area contributed by atoms with Gasteiger partial charge in [0.1, 0.15) is 5.75 Å². The van der Waals surface area contributed by atoms with E-state index < -0.39 is 0 Å². The van der Waals surface area contributed by atoms with E-state index in [-0.39, 0.29) is 11.9 Å². The van der Waals surface area contributed by atoms with Crippen LogP contribution in [-0.4, -0.2) is 5.97 Å². The molecule has 1 unspecified atom stereocenters. The Hall–Kier alpha value is -1.57. The summed E-state index contributed by atoms with van der Waals surface area (Å²) in [4.78, 5) is 11.6. The van der Waals surface area contributed by atoms with Crippen LogP contribution in [0.15, 0.2) is 42.0 Å². The molecule has 0 heterocycles. The molecule has 2 heteroatoms. The van der Waals surface area contributed by atoms with E-state index in [1.807, 2.05) is 45.0 Å². The van der Waals surface area contributed by atoms with E-state index in [1.54, 1.807) is 12.1 Å². The molecule has 0 spiro atoms. The monoisotopic (exact) mass is 204 g/mol. The molecule has 0 saturated carbocycles. The summed E-state index contributed by atoms with van der Waals surface area (Å²) < 4.78 is 5.22. The van der Waals surface area contributed by atoms with Gasteiger partial charge in [0.25, 0.3) is 0 Å². The molecule has 0 radical (unpaired) electrons. The van der Waals surface area contributed by atoms with Crippen LogP contribution in [0.4, 0.5) is 0 Å². The maximum atomic E-state index is 11.6. The SMILES string of the molecule is CC=C(C)C(C)C(=O)Oc1ccccc1. The minimum atomic E-state index is -0.211. The van der Waals surface area contributed by atoms with Crippen LogP contribution >= 0.6 is 0 Å². The van der Waals surface area contributed by atoms with Crippen LogP contribution in [-0.2, 0) is 4.79 Å². The number of ether oxygens (including phenoxy) is 1. The molecule has 0 bridgehead atoms. The predicted molar refractivity (Wildman–Crippen MR) is 60.7 cm³/mol. The van der Waals surface area contributed by atoms with Gasteiger partial charge in [-0.05, 0) is 32.9 Å². The molecule has 0 aliphatic rings. The molecule has 0 aliphatic heterocycles. The second-order valence-electron chi connectivity index (χ2n) is 3.49. The highest BCUT2D eigenvalue weighted by Gasteiger charge is 2.16. The van der Waals surface area contributed by atoms with Crippen molar-refractivity contribution in [2.75, 3.05) is 0 Å². The summed E-state index contributed by atoms with van der Waals surface area (Å²) in [6.07, 6.45) is 1.93. The number of carbonyl (C=O) groups is 1. The molecule has 80 valence electrons. The molecule has 0 aliphatic carbocycles. The summed E-state index contributed by atoms with van der Waals surface area (Å²) in [7, 11) is 0. The lowest BCUT2D eigenvalue weighted by molar-refractivity contribution is -0.137. The first kappa shape index (κ1) is 11.5. The first-order chi connectivity index (χ1) is 7.15. The molecule has 0 fully saturated rings. The fraction of sp³-hybridized carbons (Fsp3) is 0.308. The number of benzene rings is 1. The summed E-state index contributed by atoms with van der Waals surface area (Å²) in [5, 5.41) is 0. The summed E-state index contributed by atoms with van der Waals surface area (Å²) >= 11 is 0. The average molecular weight is 204 g/mol. The molecule has 0 N–H and O–H groups in total. The van der Waals surface area contributed by atoms with E-state index >= 15 is 0 Å². The molecule has 0 amide bonds. The molecule has 15 heavy (non-hydrogen) atoms. The minimum Gasteiger partial charge on any atom is -0.426 e. The molecule has 0 aromatic heterocycles. The lowest BCUT2D eigenvalue weighted by Gasteiger charge is -2.11. The van der Waals surface area contributed by atoms with Gasteiger partial charge in [0.05, 0.1) is 5.92 Å². The normalized spacial score (nSPS) is 13.4. The van der Waals surface area contributed by atoms with Crippen LogP contribution in [0, 0.1) is 5.92 Å². The van der Waals surface area contributed by atoms with Crippen molar-refractivity contribution in [3.05, 3.63) is 42.0 Å². The Morgan fingerprint density at radius 2 is 1.93 bits per heavy atom. The molecule has 1 atom stereocenters. The first-order valence-electron chi connectivity index (χ1n) is 5.04. The van der Waals surface area contributed by atoms with Gasteiger partial charge in [-0.25, -0.2) is 0 Å². The van der Waals surface area contributed by atoms with Crippen molar-refractivity contribution in [1.82, 2.24) is 0 Å². The van der Waals surface area contributed by atoms with Crippen LogP contribution in [0.1, 0.15) is 20.8 Å². The fourth-order valence-electron chi connectivity index (χ4n) is 1.13. The van der Waals surface area contributed by atoms with Gasteiger partial charge in [-0.3, -0.25) is 4.79 Å². The number of rotatable bonds is 3. The highest BCUT2D eigenvalue weighted by Crippen LogP contribution is 2.15. The van der Waals surface area contributed by atoms with Gasteiger partial charge >= 0.3 is 5.97 Å². The van der Waals surface area contributed by atoms with Gasteiger partial charge in [0, 0.05) is 0 Å². The van der Waals surface area contributed by atoms with Crippen molar-refractivity contribution in [2.45, 2.75) is 20.8 Å². The van der Waals surface area contributed by atoms with Crippen molar-refractivity contribution < 1.29 is 9.53 Å². The second-order valence-corrected chi connectivity index (χ2v) is 3.49. The van der Waals surface area contributed by atoms with Crippen LogP contribution in [0.3, 0.4) is 0 Å². The van der Waals surface area contributed by atoms with Crippen LogP contribution < -0.4 is 4.74 Å². The Kier molecular flexibility index (Phi) is 4.10. The Bertz CT molecular complexity index is 352. The summed E-state index contributed by atoms with van der Waals surface area (Å²) in [6.45, 7) is 5.69. The number of esters is 1. The van der Waals surface area contributed by atoms with Crippen molar-refractivity contribution in [1.29, 1.82) is 0 Å². The number of allylic oxidation sites excluding steroid dienone is 1. The smallest absolute Gasteiger partial charge is 0.318 e. The quantitative estimate of drug-likeness (QED) is 0.429. The zero-order valence-electron chi connectivity index (χ0n) is 9.36. The van der Waals surface area contributed by atoms with Crippen molar-refractivity contribution in [2.24, 2.45) is 5.92 Å². The zero-order valence-corrected chi connectivity index (χ0v) is 9.36. The lowest BCUT2D eigenvalue weighted by atomic mass is 10.0. The average Bonchev–Trinajstić information content (AvgIpc) is 2.28. The number of hydrogen-bond acceptors (Lipinski definition) is 2. The lowest BCUT2D eigenvalue weighted by Crippen LogP contribution is -2.18. The Morgan fingerprint density at radius 3 is 2.47 bits per heavy atom. The zero-order chi connectivity index (χ0) is 11.3. The number of hydrogen-bond donors (Lipinski definition) is 0. The van der Waals surface area contributed by atoms with Crippen molar-refractivity contribution in [3.63, 3.8) is 0 Å². The largest absolute Gasteiger partial charge is 0.426 e. The second kappa shape index (κ2) is 5.35. The van der Waals surface area contributed by atoms with Gasteiger partial charge in [0.15, 0.2) is 0 Å². The molecule has 0 saturated heterocycles. The van der Waals surface area contributed by atoms with Gasteiger partial charge in [-0.2, -0.15) is 0 Å². The predicted octanol–water partition coefficient (Wildman–Crippen LogP) is 3.19. The molecule has 1 rings (SSSR count). The fourth-order valence-corrected chi connectivity index (χ4v) is 1.13. The third kappa shape index (κ3) is 3.24. The van der Waals surface area contributed by atoms with E-state index in [9.17, 15) is 4.79 Å². The molecular weight excluding hydrogens is 188 g/mol. The van der Waals surface area contributed by atoms with E-state index in [1.165, 1.54) is 0 Å². The summed E-state index contributed by atoms with van der Waals surface area (Å²) in [5.74, 6) is 0.199. The van der Waals surface area contributed by atoms with Crippen LogP contribution in [0.2, 0.25) is 0 Å². The van der Waals surface area contributed by atoms with Gasteiger partial charge in [-0.1, -0.05) is 29.8 Å². The van der Waals surface area contributed by atoms with Gasteiger partial charge in [0.2, 0.25) is 0 Å². The van der Waals surface area contributed by atoms with E-state index in [0.29, 0.717) is 5.75 Å². The Morgan fingerprint density at radius 1 is 1.33 bits per heavy atom. The third-order valence-electron chi connectivity index (χ3n) is 2.45. The standard InChI is InChI=1S/C13H16O2/c1-4-10(2)11(3)13(14)15-12-8-6-5-7-9-12/h4-9,11H,1-3H3.